The minimum Gasteiger partial charge on any atom is -0.310 e. The molecule has 5 nitrogen and oxygen atoms in total. The molecule has 1 atom stereocenters. The van der Waals surface area contributed by atoms with Crippen molar-refractivity contribution in [2.45, 2.75) is 26.2 Å². The lowest BCUT2D eigenvalue weighted by molar-refractivity contribution is -0.116. The van der Waals surface area contributed by atoms with Crippen molar-refractivity contribution in [3.05, 3.63) is 68.8 Å². The number of carbonyl (C=O) groups is 1. The van der Waals surface area contributed by atoms with Crippen LogP contribution in [0.25, 0.3) is 15.3 Å². The fraction of sp³-hybridized carbons (Fsp3) is 0.190. The average Bonchev–Trinajstić information content (AvgIpc) is 3.24. The smallest absolute Gasteiger partial charge is 0.226 e. The van der Waals surface area contributed by atoms with Gasteiger partial charge in [0.1, 0.15) is 5.82 Å². The number of aromatic nitrogens is 3. The van der Waals surface area contributed by atoms with Crippen LogP contribution in [-0.4, -0.2) is 20.7 Å². The molecule has 0 unspecified atom stereocenters. The number of benzene rings is 2. The summed E-state index contributed by atoms with van der Waals surface area (Å²) in [6.07, 6.45) is 0.330. The number of aryl methyl sites for hydroxylation is 2. The van der Waals surface area contributed by atoms with E-state index in [1.807, 2.05) is 31.2 Å². The lowest BCUT2D eigenvalue weighted by Gasteiger charge is -2.24. The van der Waals surface area contributed by atoms with Crippen molar-refractivity contribution < 1.29 is 4.79 Å². The lowest BCUT2D eigenvalue weighted by Crippen LogP contribution is -2.24. The van der Waals surface area contributed by atoms with Crippen molar-refractivity contribution in [1.82, 2.24) is 14.8 Å². The predicted molar refractivity (Wildman–Crippen MR) is 118 cm³/mol. The molecule has 2 aromatic carbocycles. The van der Waals surface area contributed by atoms with Gasteiger partial charge in [0.2, 0.25) is 11.0 Å². The topological polar surface area (TPSA) is 59.8 Å². The Kier molecular flexibility index (Phi) is 4.38. The van der Waals surface area contributed by atoms with E-state index in [9.17, 15) is 4.79 Å². The normalized spacial score (nSPS) is 16.1. The largest absolute Gasteiger partial charge is 0.310 e. The third-order valence-electron chi connectivity index (χ3n) is 5.16. The molecular weight excluding hydrogens is 427 g/mol. The molecule has 0 saturated heterocycles. The van der Waals surface area contributed by atoms with E-state index in [4.69, 9.17) is 33.3 Å². The van der Waals surface area contributed by atoms with Crippen molar-refractivity contribution >= 4 is 56.5 Å². The molecule has 5 rings (SSSR count). The van der Waals surface area contributed by atoms with Crippen LogP contribution in [0, 0.1) is 13.8 Å². The van der Waals surface area contributed by atoms with E-state index in [1.54, 1.807) is 22.1 Å². The first-order valence-corrected chi connectivity index (χ1v) is 10.7. The first-order valence-electron chi connectivity index (χ1n) is 9.12. The summed E-state index contributed by atoms with van der Waals surface area (Å²) in [5, 5.41) is 9.42. The Bertz CT molecular complexity index is 1290. The number of hydrogen-bond acceptors (Lipinski definition) is 4. The van der Waals surface area contributed by atoms with Gasteiger partial charge in [0, 0.05) is 17.9 Å². The number of anilines is 1. The molecule has 0 aliphatic carbocycles. The number of carbonyl (C=O) groups excluding carboxylic acids is 1. The molecule has 8 heteroatoms. The SMILES string of the molecule is Cc1ccc2nc(-n3nc(C)c4c3NC(=O)C[C@H]4c3ccc(Cl)c(Cl)c3)sc2c1. The van der Waals surface area contributed by atoms with Gasteiger partial charge in [-0.2, -0.15) is 9.78 Å². The number of amides is 1. The van der Waals surface area contributed by atoms with E-state index in [0.717, 1.165) is 32.2 Å². The van der Waals surface area contributed by atoms with Crippen LogP contribution in [0.1, 0.15) is 34.7 Å². The van der Waals surface area contributed by atoms with Gasteiger partial charge in [-0.1, -0.05) is 46.7 Å². The molecule has 0 radical (unpaired) electrons. The molecule has 0 bridgehead atoms. The second-order valence-corrected chi connectivity index (χ2v) is 9.03. The van der Waals surface area contributed by atoms with Gasteiger partial charge in [-0.3, -0.25) is 4.79 Å². The Labute approximate surface area is 181 Å². The number of fused-ring (bicyclic) bond motifs is 2. The van der Waals surface area contributed by atoms with Gasteiger partial charge in [-0.05, 0) is 49.2 Å². The molecule has 1 amide bonds. The highest BCUT2D eigenvalue weighted by Gasteiger charge is 2.33. The van der Waals surface area contributed by atoms with Gasteiger partial charge in [0.15, 0.2) is 0 Å². The molecule has 3 heterocycles. The van der Waals surface area contributed by atoms with Crippen LogP contribution in [0.3, 0.4) is 0 Å². The Morgan fingerprint density at radius 1 is 1.14 bits per heavy atom. The van der Waals surface area contributed by atoms with Crippen LogP contribution in [0.15, 0.2) is 36.4 Å². The molecule has 1 aliphatic rings. The molecule has 0 spiro atoms. The summed E-state index contributed by atoms with van der Waals surface area (Å²) in [5.74, 6) is 0.469. The van der Waals surface area contributed by atoms with Gasteiger partial charge in [-0.15, -0.1) is 0 Å². The fourth-order valence-electron chi connectivity index (χ4n) is 3.81. The molecular formula is C21H16Cl2N4OS. The van der Waals surface area contributed by atoms with Crippen molar-refractivity contribution in [2.24, 2.45) is 0 Å². The van der Waals surface area contributed by atoms with E-state index < -0.39 is 0 Å². The Morgan fingerprint density at radius 2 is 1.97 bits per heavy atom. The van der Waals surface area contributed by atoms with Gasteiger partial charge >= 0.3 is 0 Å². The maximum absolute atomic E-state index is 12.5. The molecule has 146 valence electrons. The van der Waals surface area contributed by atoms with Crippen LogP contribution in [0.5, 0.6) is 0 Å². The number of hydrogen-bond donors (Lipinski definition) is 1. The molecule has 29 heavy (non-hydrogen) atoms. The highest BCUT2D eigenvalue weighted by Crippen LogP contribution is 2.42. The first-order chi connectivity index (χ1) is 13.9. The number of nitrogens with zero attached hydrogens (tertiary/aromatic N) is 3. The van der Waals surface area contributed by atoms with Crippen molar-refractivity contribution in [1.29, 1.82) is 0 Å². The predicted octanol–water partition coefficient (Wildman–Crippen LogP) is 5.88. The second-order valence-electron chi connectivity index (χ2n) is 7.21. The van der Waals surface area contributed by atoms with Crippen molar-refractivity contribution in [2.75, 3.05) is 5.32 Å². The lowest BCUT2D eigenvalue weighted by atomic mass is 9.86. The van der Waals surface area contributed by atoms with Crippen LogP contribution >= 0.6 is 34.5 Å². The van der Waals surface area contributed by atoms with Crippen LogP contribution in [0.4, 0.5) is 5.82 Å². The Morgan fingerprint density at radius 3 is 2.76 bits per heavy atom. The molecule has 1 aliphatic heterocycles. The van der Waals surface area contributed by atoms with Crippen LogP contribution < -0.4 is 5.32 Å². The summed E-state index contributed by atoms with van der Waals surface area (Å²) in [7, 11) is 0. The zero-order valence-corrected chi connectivity index (χ0v) is 18.0. The summed E-state index contributed by atoms with van der Waals surface area (Å²) in [4.78, 5) is 17.3. The molecule has 2 aromatic heterocycles. The zero-order chi connectivity index (χ0) is 20.3. The highest BCUT2D eigenvalue weighted by atomic mass is 35.5. The van der Waals surface area contributed by atoms with Crippen LogP contribution in [0.2, 0.25) is 10.0 Å². The third kappa shape index (κ3) is 3.12. The third-order valence-corrected chi connectivity index (χ3v) is 6.90. The molecule has 0 fully saturated rings. The molecule has 4 aromatic rings. The summed E-state index contributed by atoms with van der Waals surface area (Å²) >= 11 is 13.9. The maximum Gasteiger partial charge on any atom is 0.226 e. The van der Waals surface area contributed by atoms with E-state index in [0.29, 0.717) is 22.3 Å². The standard InChI is InChI=1S/C21H16Cl2N4OS/c1-10-3-6-16-17(7-10)29-21(24-16)27-20-19(11(2)26-27)13(9-18(28)25-20)12-4-5-14(22)15(23)8-12/h3-8,13H,9H2,1-2H3,(H,25,28)/t13-/m0/s1. The summed E-state index contributed by atoms with van der Waals surface area (Å²) < 4.78 is 2.83. The summed E-state index contributed by atoms with van der Waals surface area (Å²) in [6, 6.07) is 11.7. The Balaban J connectivity index is 1.67. The van der Waals surface area contributed by atoms with E-state index >= 15 is 0 Å². The van der Waals surface area contributed by atoms with E-state index in [2.05, 4.69) is 18.3 Å². The quantitative estimate of drug-likeness (QED) is 0.421. The van der Waals surface area contributed by atoms with Gasteiger partial charge in [0.05, 0.1) is 26.0 Å². The minimum atomic E-state index is -0.140. The van der Waals surface area contributed by atoms with E-state index in [1.165, 1.54) is 5.56 Å². The highest BCUT2D eigenvalue weighted by molar-refractivity contribution is 7.20. The maximum atomic E-state index is 12.5. The number of rotatable bonds is 2. The number of halogens is 2. The molecule has 1 N–H and O–H groups in total. The first kappa shape index (κ1) is 18.6. The number of nitrogens with one attached hydrogen (secondary N) is 1. The summed E-state index contributed by atoms with van der Waals surface area (Å²) in [5.41, 5.74) is 4.88. The minimum absolute atomic E-state index is 0.0633. The van der Waals surface area contributed by atoms with Gasteiger partial charge in [-0.25, -0.2) is 4.98 Å². The summed E-state index contributed by atoms with van der Waals surface area (Å²) in [6.45, 7) is 4.01. The zero-order valence-electron chi connectivity index (χ0n) is 15.7. The van der Waals surface area contributed by atoms with Gasteiger partial charge in [0.25, 0.3) is 0 Å². The van der Waals surface area contributed by atoms with Crippen molar-refractivity contribution in [3.8, 4) is 5.13 Å². The van der Waals surface area contributed by atoms with Crippen molar-refractivity contribution in [3.63, 3.8) is 0 Å². The Hall–Kier alpha value is -2.41. The molecule has 0 saturated carbocycles. The number of thiazole rings is 1. The fourth-order valence-corrected chi connectivity index (χ4v) is 5.14. The second kappa shape index (κ2) is 6.83. The monoisotopic (exact) mass is 442 g/mol. The van der Waals surface area contributed by atoms with Gasteiger partial charge < -0.3 is 5.32 Å². The van der Waals surface area contributed by atoms with Crippen LogP contribution in [-0.2, 0) is 4.79 Å². The average molecular weight is 443 g/mol. The van der Waals surface area contributed by atoms with E-state index in [-0.39, 0.29) is 11.8 Å².